The van der Waals surface area contributed by atoms with Gasteiger partial charge < -0.3 is 10.5 Å². The minimum Gasteiger partial charge on any atom is -0.431 e. The van der Waals surface area contributed by atoms with Crippen molar-refractivity contribution in [3.63, 3.8) is 0 Å². The molecule has 0 unspecified atom stereocenters. The van der Waals surface area contributed by atoms with Crippen LogP contribution in [0.3, 0.4) is 0 Å². The molecular formula is C17H16N4O2S. The largest absolute Gasteiger partial charge is 0.431 e. The first kappa shape index (κ1) is 16.1. The summed E-state index contributed by atoms with van der Waals surface area (Å²) in [5.41, 5.74) is 7.69. The van der Waals surface area contributed by atoms with Crippen LogP contribution >= 0.6 is 11.3 Å². The minimum atomic E-state index is -0.505. The van der Waals surface area contributed by atoms with E-state index in [1.807, 2.05) is 25.3 Å². The zero-order valence-electron chi connectivity index (χ0n) is 13.3. The molecule has 6 nitrogen and oxygen atoms in total. The Balaban J connectivity index is 1.95. The highest BCUT2D eigenvalue weighted by Gasteiger charge is 2.18. The van der Waals surface area contributed by atoms with Crippen LogP contribution in [0.1, 0.15) is 40.2 Å². The summed E-state index contributed by atoms with van der Waals surface area (Å²) in [6, 6.07) is 5.28. The zero-order valence-corrected chi connectivity index (χ0v) is 14.1. The van der Waals surface area contributed by atoms with Gasteiger partial charge in [-0.05, 0) is 30.2 Å². The van der Waals surface area contributed by atoms with Crippen LogP contribution in [-0.2, 0) is 0 Å². The first-order valence-electron chi connectivity index (χ1n) is 7.34. The number of nitrogens with two attached hydrogens (primary N) is 1. The number of rotatable bonds is 5. The molecule has 0 saturated heterocycles. The number of carbonyl (C=O) groups excluding carboxylic acids is 1. The van der Waals surface area contributed by atoms with Crippen LogP contribution in [0.15, 0.2) is 42.2 Å². The molecule has 3 aromatic rings. The van der Waals surface area contributed by atoms with E-state index in [1.54, 1.807) is 30.7 Å². The van der Waals surface area contributed by atoms with Gasteiger partial charge in [0.25, 0.3) is 5.19 Å². The Morgan fingerprint density at radius 3 is 2.62 bits per heavy atom. The average molecular weight is 340 g/mol. The quantitative estimate of drug-likeness (QED) is 0.769. The van der Waals surface area contributed by atoms with Crippen molar-refractivity contribution < 1.29 is 9.53 Å². The second kappa shape index (κ2) is 6.76. The summed E-state index contributed by atoms with van der Waals surface area (Å²) in [6.45, 7) is 3.81. The van der Waals surface area contributed by atoms with Crippen molar-refractivity contribution in [2.24, 2.45) is 5.73 Å². The zero-order chi connectivity index (χ0) is 17.1. The highest BCUT2D eigenvalue weighted by molar-refractivity contribution is 7.11. The molecule has 122 valence electrons. The third kappa shape index (κ3) is 3.41. The molecule has 2 N–H and O–H groups in total. The number of aromatic nitrogens is 3. The molecule has 2 aromatic heterocycles. The Kier molecular flexibility index (Phi) is 4.52. The molecule has 1 amide bonds. The van der Waals surface area contributed by atoms with Crippen molar-refractivity contribution in [1.29, 1.82) is 0 Å². The molecule has 0 saturated carbocycles. The Morgan fingerprint density at radius 1 is 1.25 bits per heavy atom. The van der Waals surface area contributed by atoms with E-state index in [2.05, 4.69) is 15.0 Å². The molecular weight excluding hydrogens is 324 g/mol. The van der Waals surface area contributed by atoms with Crippen molar-refractivity contribution in [2.75, 3.05) is 0 Å². The number of ether oxygens (including phenoxy) is 1. The fraction of sp³-hybridized carbons (Fsp3) is 0.176. The molecule has 1 atom stereocenters. The van der Waals surface area contributed by atoms with E-state index < -0.39 is 5.91 Å². The van der Waals surface area contributed by atoms with Gasteiger partial charge >= 0.3 is 0 Å². The molecule has 2 heterocycles. The molecule has 1 aromatic carbocycles. The monoisotopic (exact) mass is 340 g/mol. The molecule has 3 rings (SSSR count). The van der Waals surface area contributed by atoms with Gasteiger partial charge in [0.15, 0.2) is 0 Å². The fourth-order valence-corrected chi connectivity index (χ4v) is 2.86. The van der Waals surface area contributed by atoms with Crippen LogP contribution in [0.25, 0.3) is 0 Å². The van der Waals surface area contributed by atoms with Crippen LogP contribution in [-0.4, -0.2) is 20.9 Å². The van der Waals surface area contributed by atoms with Crippen molar-refractivity contribution >= 4 is 17.2 Å². The van der Waals surface area contributed by atoms with Gasteiger partial charge in [-0.1, -0.05) is 24.3 Å². The molecule has 0 fully saturated rings. The predicted molar refractivity (Wildman–Crippen MR) is 91.4 cm³/mol. The third-order valence-electron chi connectivity index (χ3n) is 3.67. The SMILES string of the molecule is Cc1ncc([C@H](C)c2ccc(Oc3nccs3)cc2C(N)=O)cn1. The maximum atomic E-state index is 11.9. The van der Waals surface area contributed by atoms with Gasteiger partial charge in [-0.2, -0.15) is 0 Å². The van der Waals surface area contributed by atoms with Gasteiger partial charge in [-0.25, -0.2) is 15.0 Å². The summed E-state index contributed by atoms with van der Waals surface area (Å²) in [6.07, 6.45) is 5.18. The number of aryl methyl sites for hydroxylation is 1. The topological polar surface area (TPSA) is 91.0 Å². The molecule has 24 heavy (non-hydrogen) atoms. The van der Waals surface area contributed by atoms with Gasteiger partial charge in [0.1, 0.15) is 11.6 Å². The van der Waals surface area contributed by atoms with E-state index in [0.29, 0.717) is 22.3 Å². The summed E-state index contributed by atoms with van der Waals surface area (Å²) in [5.74, 6) is 0.652. The van der Waals surface area contributed by atoms with Crippen molar-refractivity contribution in [1.82, 2.24) is 15.0 Å². The lowest BCUT2D eigenvalue weighted by atomic mass is 9.91. The van der Waals surface area contributed by atoms with Crippen LogP contribution in [0.2, 0.25) is 0 Å². The number of hydrogen-bond donors (Lipinski definition) is 1. The van der Waals surface area contributed by atoms with E-state index in [1.165, 1.54) is 11.3 Å². The number of carbonyl (C=O) groups is 1. The van der Waals surface area contributed by atoms with Crippen LogP contribution in [0.5, 0.6) is 10.9 Å². The molecule has 0 aliphatic carbocycles. The molecule has 0 bridgehead atoms. The van der Waals surface area contributed by atoms with Gasteiger partial charge in [0, 0.05) is 35.5 Å². The molecule has 0 aliphatic rings. The Morgan fingerprint density at radius 2 is 2.00 bits per heavy atom. The maximum Gasteiger partial charge on any atom is 0.278 e. The van der Waals surface area contributed by atoms with E-state index >= 15 is 0 Å². The predicted octanol–water partition coefficient (Wildman–Crippen LogP) is 3.28. The smallest absolute Gasteiger partial charge is 0.278 e. The van der Waals surface area contributed by atoms with Crippen molar-refractivity contribution in [2.45, 2.75) is 19.8 Å². The van der Waals surface area contributed by atoms with E-state index in [-0.39, 0.29) is 5.92 Å². The molecule has 0 spiro atoms. The Hall–Kier alpha value is -2.80. The minimum absolute atomic E-state index is 0.0676. The lowest BCUT2D eigenvalue weighted by Crippen LogP contribution is -2.15. The van der Waals surface area contributed by atoms with Gasteiger partial charge in [0.2, 0.25) is 5.91 Å². The summed E-state index contributed by atoms with van der Waals surface area (Å²) in [5, 5.41) is 2.33. The van der Waals surface area contributed by atoms with E-state index in [0.717, 1.165) is 11.1 Å². The van der Waals surface area contributed by atoms with E-state index in [4.69, 9.17) is 10.5 Å². The number of amides is 1. The summed E-state index contributed by atoms with van der Waals surface area (Å²) in [7, 11) is 0. The number of benzene rings is 1. The number of hydrogen-bond acceptors (Lipinski definition) is 6. The van der Waals surface area contributed by atoms with Crippen LogP contribution in [0, 0.1) is 6.92 Å². The molecule has 7 heteroatoms. The van der Waals surface area contributed by atoms with Crippen LogP contribution in [0.4, 0.5) is 0 Å². The normalized spacial score (nSPS) is 11.9. The lowest BCUT2D eigenvalue weighted by Gasteiger charge is -2.16. The van der Waals surface area contributed by atoms with E-state index in [9.17, 15) is 4.79 Å². The maximum absolute atomic E-state index is 11.9. The molecule has 0 aliphatic heterocycles. The second-order valence-corrected chi connectivity index (χ2v) is 6.16. The second-order valence-electron chi connectivity index (χ2n) is 5.30. The van der Waals surface area contributed by atoms with Crippen molar-refractivity contribution in [3.05, 3.63) is 64.7 Å². The average Bonchev–Trinajstić information content (AvgIpc) is 3.08. The highest BCUT2D eigenvalue weighted by atomic mass is 32.1. The lowest BCUT2D eigenvalue weighted by molar-refractivity contribution is 0.0999. The third-order valence-corrected chi connectivity index (χ3v) is 4.32. The fourth-order valence-electron chi connectivity index (χ4n) is 2.36. The number of primary amides is 1. The summed E-state index contributed by atoms with van der Waals surface area (Å²) in [4.78, 5) is 24.4. The highest BCUT2D eigenvalue weighted by Crippen LogP contribution is 2.31. The van der Waals surface area contributed by atoms with Crippen molar-refractivity contribution in [3.8, 4) is 10.9 Å². The standard InChI is InChI=1S/C17H16N4O2S/c1-10(12-8-20-11(2)21-9-12)14-4-3-13(7-15(14)16(18)22)23-17-19-5-6-24-17/h3-10H,1-2H3,(H2,18,22)/t10-/m0/s1. The van der Waals surface area contributed by atoms with Gasteiger partial charge in [-0.15, -0.1) is 0 Å². The number of nitrogens with zero attached hydrogens (tertiary/aromatic N) is 3. The van der Waals surface area contributed by atoms with Gasteiger partial charge in [0.05, 0.1) is 0 Å². The molecule has 0 radical (unpaired) electrons. The summed E-state index contributed by atoms with van der Waals surface area (Å²) >= 11 is 1.37. The van der Waals surface area contributed by atoms with Crippen LogP contribution < -0.4 is 10.5 Å². The van der Waals surface area contributed by atoms with Gasteiger partial charge in [-0.3, -0.25) is 4.79 Å². The Labute approximate surface area is 143 Å². The first-order chi connectivity index (χ1) is 11.5. The number of thiazole rings is 1. The Bertz CT molecular complexity index is 848. The first-order valence-corrected chi connectivity index (χ1v) is 8.22. The summed E-state index contributed by atoms with van der Waals surface area (Å²) < 4.78 is 5.64.